The average Bonchev–Trinajstić information content (AvgIpc) is 2.21. The van der Waals surface area contributed by atoms with Gasteiger partial charge in [-0.2, -0.15) is 0 Å². The lowest BCUT2D eigenvalue weighted by Crippen LogP contribution is -2.15. The lowest BCUT2D eigenvalue weighted by Gasteiger charge is -2.07. The first kappa shape index (κ1) is 12.5. The van der Waals surface area contributed by atoms with Crippen LogP contribution in [0.2, 0.25) is 5.02 Å². The lowest BCUT2D eigenvalue weighted by molar-refractivity contribution is 0.574. The number of hydrogen-bond donors (Lipinski definition) is 1. The molecule has 0 radical (unpaired) electrons. The molecule has 0 saturated heterocycles. The van der Waals surface area contributed by atoms with Crippen LogP contribution >= 0.6 is 11.6 Å². The molecule has 84 valence electrons. The molecule has 0 spiro atoms. The monoisotopic (exact) mass is 229 g/mol. The van der Waals surface area contributed by atoms with Crippen LogP contribution in [0, 0.1) is 5.82 Å². The second-order valence-electron chi connectivity index (χ2n) is 3.58. The van der Waals surface area contributed by atoms with Crippen molar-refractivity contribution >= 4 is 11.6 Å². The fourth-order valence-electron chi connectivity index (χ4n) is 1.41. The molecule has 0 amide bonds. The first-order valence-corrected chi connectivity index (χ1v) is 5.77. The molecule has 0 atom stereocenters. The molecule has 0 unspecified atom stereocenters. The molecule has 1 N–H and O–H groups in total. The van der Waals surface area contributed by atoms with Crippen LogP contribution < -0.4 is 5.32 Å². The summed E-state index contributed by atoms with van der Waals surface area (Å²) in [5.74, 6) is -0.231. The van der Waals surface area contributed by atoms with Gasteiger partial charge in [0.25, 0.3) is 0 Å². The number of hydrogen-bond acceptors (Lipinski definition) is 1. The van der Waals surface area contributed by atoms with Crippen LogP contribution in [0.1, 0.15) is 31.7 Å². The van der Waals surface area contributed by atoms with Crippen LogP contribution in [-0.4, -0.2) is 6.54 Å². The summed E-state index contributed by atoms with van der Waals surface area (Å²) < 4.78 is 13.3. The van der Waals surface area contributed by atoms with E-state index in [2.05, 4.69) is 12.2 Å². The summed E-state index contributed by atoms with van der Waals surface area (Å²) in [4.78, 5) is 0. The molecule has 1 aromatic rings. The van der Waals surface area contributed by atoms with Gasteiger partial charge in [0.05, 0.1) is 0 Å². The maximum Gasteiger partial charge on any atom is 0.129 e. The summed E-state index contributed by atoms with van der Waals surface area (Å²) >= 11 is 5.89. The van der Waals surface area contributed by atoms with Gasteiger partial charge >= 0.3 is 0 Å². The van der Waals surface area contributed by atoms with Crippen molar-refractivity contribution < 1.29 is 4.39 Å². The molecule has 0 aliphatic heterocycles. The molecule has 1 nitrogen and oxygen atoms in total. The van der Waals surface area contributed by atoms with Crippen LogP contribution in [0.25, 0.3) is 0 Å². The molecular weight excluding hydrogens is 213 g/mol. The van der Waals surface area contributed by atoms with E-state index in [1.807, 2.05) is 0 Å². The molecule has 3 heteroatoms. The van der Waals surface area contributed by atoms with Crippen LogP contribution in [0.3, 0.4) is 0 Å². The predicted octanol–water partition coefficient (Wildman–Crippen LogP) is 3.76. The Morgan fingerprint density at radius 2 is 2.13 bits per heavy atom. The van der Waals surface area contributed by atoms with Crippen molar-refractivity contribution in [3.8, 4) is 0 Å². The average molecular weight is 230 g/mol. The molecule has 0 aliphatic carbocycles. The molecule has 0 saturated carbocycles. The van der Waals surface area contributed by atoms with Crippen molar-refractivity contribution in [2.75, 3.05) is 6.54 Å². The highest BCUT2D eigenvalue weighted by Gasteiger charge is 2.05. The molecule has 15 heavy (non-hydrogen) atoms. The zero-order valence-corrected chi connectivity index (χ0v) is 9.78. The number of benzene rings is 1. The van der Waals surface area contributed by atoms with E-state index in [9.17, 15) is 4.39 Å². The Hall–Kier alpha value is -0.600. The Balaban J connectivity index is 2.37. The SMILES string of the molecule is CCCCCNCc1c(F)cccc1Cl. The molecule has 0 fully saturated rings. The van der Waals surface area contributed by atoms with Gasteiger partial charge in [-0.05, 0) is 25.1 Å². The minimum Gasteiger partial charge on any atom is -0.313 e. The van der Waals surface area contributed by atoms with E-state index in [0.29, 0.717) is 17.1 Å². The molecule has 1 aromatic carbocycles. The number of halogens is 2. The summed E-state index contributed by atoms with van der Waals surface area (Å²) in [7, 11) is 0. The quantitative estimate of drug-likeness (QED) is 0.733. The van der Waals surface area contributed by atoms with Gasteiger partial charge in [0, 0.05) is 17.1 Å². The minimum atomic E-state index is -0.231. The van der Waals surface area contributed by atoms with Crippen LogP contribution in [0.5, 0.6) is 0 Å². The van der Waals surface area contributed by atoms with Gasteiger partial charge in [0.2, 0.25) is 0 Å². The normalized spacial score (nSPS) is 10.6. The molecule has 0 heterocycles. The summed E-state index contributed by atoms with van der Waals surface area (Å²) in [5, 5.41) is 3.69. The first-order chi connectivity index (χ1) is 7.25. The molecule has 0 aromatic heterocycles. The third-order valence-corrected chi connectivity index (χ3v) is 2.67. The third kappa shape index (κ3) is 4.18. The maximum atomic E-state index is 13.3. The molecular formula is C12H17ClFN. The topological polar surface area (TPSA) is 12.0 Å². The van der Waals surface area contributed by atoms with E-state index in [0.717, 1.165) is 13.0 Å². The highest BCUT2D eigenvalue weighted by Crippen LogP contribution is 2.18. The van der Waals surface area contributed by atoms with Crippen molar-refractivity contribution in [3.63, 3.8) is 0 Å². The smallest absolute Gasteiger partial charge is 0.129 e. The predicted molar refractivity (Wildman–Crippen MR) is 62.6 cm³/mol. The zero-order valence-electron chi connectivity index (χ0n) is 9.02. The van der Waals surface area contributed by atoms with E-state index in [1.165, 1.54) is 18.9 Å². The van der Waals surface area contributed by atoms with Gasteiger partial charge in [0.15, 0.2) is 0 Å². The van der Waals surface area contributed by atoms with E-state index >= 15 is 0 Å². The first-order valence-electron chi connectivity index (χ1n) is 5.39. The second-order valence-corrected chi connectivity index (χ2v) is 3.99. The fraction of sp³-hybridized carbons (Fsp3) is 0.500. The Bertz CT molecular complexity index is 281. The Morgan fingerprint density at radius 1 is 1.33 bits per heavy atom. The molecule has 0 bridgehead atoms. The van der Waals surface area contributed by atoms with Crippen LogP contribution in [-0.2, 0) is 6.54 Å². The fourth-order valence-corrected chi connectivity index (χ4v) is 1.64. The van der Waals surface area contributed by atoms with E-state index in [-0.39, 0.29) is 5.82 Å². The van der Waals surface area contributed by atoms with E-state index < -0.39 is 0 Å². The van der Waals surface area contributed by atoms with Gasteiger partial charge in [0.1, 0.15) is 5.82 Å². The van der Waals surface area contributed by atoms with Crippen LogP contribution in [0.4, 0.5) is 4.39 Å². The largest absolute Gasteiger partial charge is 0.313 e. The van der Waals surface area contributed by atoms with Crippen molar-refractivity contribution in [2.24, 2.45) is 0 Å². The number of unbranched alkanes of at least 4 members (excludes halogenated alkanes) is 2. The van der Waals surface area contributed by atoms with Crippen LogP contribution in [0.15, 0.2) is 18.2 Å². The van der Waals surface area contributed by atoms with Gasteiger partial charge in [-0.1, -0.05) is 37.4 Å². The zero-order chi connectivity index (χ0) is 11.1. The van der Waals surface area contributed by atoms with Gasteiger partial charge < -0.3 is 5.32 Å². The van der Waals surface area contributed by atoms with Gasteiger partial charge in [-0.15, -0.1) is 0 Å². The summed E-state index contributed by atoms with van der Waals surface area (Å²) in [6.45, 7) is 3.58. The Kier molecular flexibility index (Phi) is 5.66. The van der Waals surface area contributed by atoms with Crippen molar-refractivity contribution in [2.45, 2.75) is 32.7 Å². The minimum absolute atomic E-state index is 0.231. The van der Waals surface area contributed by atoms with E-state index in [1.54, 1.807) is 12.1 Å². The Labute approximate surface area is 95.6 Å². The Morgan fingerprint density at radius 3 is 2.80 bits per heavy atom. The second kappa shape index (κ2) is 6.81. The van der Waals surface area contributed by atoms with Crippen molar-refractivity contribution in [1.82, 2.24) is 5.32 Å². The number of rotatable bonds is 6. The third-order valence-electron chi connectivity index (χ3n) is 2.32. The summed E-state index contributed by atoms with van der Waals surface area (Å²) in [5.41, 5.74) is 0.565. The van der Waals surface area contributed by atoms with E-state index in [4.69, 9.17) is 11.6 Å². The molecule has 0 aliphatic rings. The van der Waals surface area contributed by atoms with Crippen molar-refractivity contribution in [3.05, 3.63) is 34.6 Å². The lowest BCUT2D eigenvalue weighted by atomic mass is 10.2. The highest BCUT2D eigenvalue weighted by molar-refractivity contribution is 6.31. The summed E-state index contributed by atoms with van der Waals surface area (Å²) in [6.07, 6.45) is 3.53. The summed E-state index contributed by atoms with van der Waals surface area (Å²) in [6, 6.07) is 4.78. The van der Waals surface area contributed by atoms with Gasteiger partial charge in [-0.3, -0.25) is 0 Å². The van der Waals surface area contributed by atoms with Crippen molar-refractivity contribution in [1.29, 1.82) is 0 Å². The van der Waals surface area contributed by atoms with Gasteiger partial charge in [-0.25, -0.2) is 4.39 Å². The molecule has 1 rings (SSSR count). The number of nitrogens with one attached hydrogen (secondary N) is 1. The standard InChI is InChI=1S/C12H17ClFN/c1-2-3-4-8-15-9-10-11(13)6-5-7-12(10)14/h5-7,15H,2-4,8-9H2,1H3. The highest BCUT2D eigenvalue weighted by atomic mass is 35.5. The maximum absolute atomic E-state index is 13.3.